The standard InChI is InChI=1S/C24H19FN2O2/c25-20-8-4-3-7-17(20)14-23-27-21-10-9-18(13-22(21)29-23)24(28)26-19-11-15-5-1-2-6-16(15)12-19/h1-10,13,19H,11-12,14H2,(H,26,28). The molecule has 3 aromatic carbocycles. The molecule has 1 aliphatic rings. The van der Waals surface area contributed by atoms with Crippen LogP contribution in [0.1, 0.15) is 32.9 Å². The fraction of sp³-hybridized carbons (Fsp3) is 0.167. The zero-order valence-corrected chi connectivity index (χ0v) is 15.7. The predicted octanol–water partition coefficient (Wildman–Crippen LogP) is 4.45. The van der Waals surface area contributed by atoms with Gasteiger partial charge in [-0.15, -0.1) is 0 Å². The molecule has 1 N–H and O–H groups in total. The van der Waals surface area contributed by atoms with E-state index in [4.69, 9.17) is 4.42 Å². The molecule has 144 valence electrons. The number of nitrogens with zero attached hydrogens (tertiary/aromatic N) is 1. The Morgan fingerprint density at radius 1 is 1.03 bits per heavy atom. The molecular weight excluding hydrogens is 367 g/mol. The highest BCUT2D eigenvalue weighted by molar-refractivity contribution is 5.97. The second-order valence-electron chi connectivity index (χ2n) is 7.41. The minimum atomic E-state index is -0.285. The summed E-state index contributed by atoms with van der Waals surface area (Å²) in [6.07, 6.45) is 1.96. The van der Waals surface area contributed by atoms with E-state index in [0.29, 0.717) is 28.1 Å². The van der Waals surface area contributed by atoms with Gasteiger partial charge in [0.1, 0.15) is 11.3 Å². The van der Waals surface area contributed by atoms with Crippen LogP contribution in [0.5, 0.6) is 0 Å². The van der Waals surface area contributed by atoms with Crippen LogP contribution in [0.15, 0.2) is 71.1 Å². The topological polar surface area (TPSA) is 55.1 Å². The molecule has 0 bridgehead atoms. The summed E-state index contributed by atoms with van der Waals surface area (Å²) in [6.45, 7) is 0. The van der Waals surface area contributed by atoms with Crippen molar-refractivity contribution in [1.82, 2.24) is 10.3 Å². The number of carbonyl (C=O) groups excluding carboxylic acids is 1. The Labute approximate surface area is 167 Å². The number of benzene rings is 3. The maximum atomic E-state index is 13.9. The van der Waals surface area contributed by atoms with Gasteiger partial charge in [0.15, 0.2) is 11.5 Å². The number of fused-ring (bicyclic) bond motifs is 2. The molecule has 4 nitrogen and oxygen atoms in total. The lowest BCUT2D eigenvalue weighted by atomic mass is 10.1. The fourth-order valence-electron chi connectivity index (χ4n) is 3.92. The molecule has 5 heteroatoms. The van der Waals surface area contributed by atoms with E-state index < -0.39 is 0 Å². The van der Waals surface area contributed by atoms with Crippen molar-refractivity contribution in [2.24, 2.45) is 0 Å². The molecule has 1 aromatic heterocycles. The summed E-state index contributed by atoms with van der Waals surface area (Å²) in [4.78, 5) is 17.1. The van der Waals surface area contributed by atoms with Gasteiger partial charge < -0.3 is 9.73 Å². The van der Waals surface area contributed by atoms with Crippen LogP contribution in [0.4, 0.5) is 4.39 Å². The summed E-state index contributed by atoms with van der Waals surface area (Å²) in [7, 11) is 0. The first-order valence-electron chi connectivity index (χ1n) is 9.66. The third-order valence-electron chi connectivity index (χ3n) is 5.38. The van der Waals surface area contributed by atoms with E-state index in [1.54, 1.807) is 36.4 Å². The Bertz CT molecular complexity index is 1190. The summed E-state index contributed by atoms with van der Waals surface area (Å²) in [5.41, 5.74) is 4.82. The van der Waals surface area contributed by atoms with E-state index in [0.717, 1.165) is 12.8 Å². The second kappa shape index (κ2) is 7.17. The van der Waals surface area contributed by atoms with Crippen LogP contribution in [0.25, 0.3) is 11.1 Å². The van der Waals surface area contributed by atoms with E-state index in [2.05, 4.69) is 22.4 Å². The lowest BCUT2D eigenvalue weighted by molar-refractivity contribution is 0.0938. The third kappa shape index (κ3) is 3.51. The van der Waals surface area contributed by atoms with Crippen molar-refractivity contribution >= 4 is 17.0 Å². The summed E-state index contributed by atoms with van der Waals surface area (Å²) < 4.78 is 19.7. The first-order valence-corrected chi connectivity index (χ1v) is 9.66. The highest BCUT2D eigenvalue weighted by atomic mass is 19.1. The molecule has 5 rings (SSSR count). The fourth-order valence-corrected chi connectivity index (χ4v) is 3.92. The van der Waals surface area contributed by atoms with E-state index in [-0.39, 0.29) is 24.2 Å². The Morgan fingerprint density at radius 2 is 1.76 bits per heavy atom. The maximum Gasteiger partial charge on any atom is 0.251 e. The number of rotatable bonds is 4. The van der Waals surface area contributed by atoms with Crippen molar-refractivity contribution in [1.29, 1.82) is 0 Å². The number of carbonyl (C=O) groups is 1. The molecule has 0 unspecified atom stereocenters. The van der Waals surface area contributed by atoms with Crippen LogP contribution < -0.4 is 5.32 Å². The average molecular weight is 386 g/mol. The van der Waals surface area contributed by atoms with Crippen LogP contribution >= 0.6 is 0 Å². The quantitative estimate of drug-likeness (QED) is 0.564. The van der Waals surface area contributed by atoms with Crippen LogP contribution in [0.3, 0.4) is 0 Å². The van der Waals surface area contributed by atoms with Crippen molar-refractivity contribution < 1.29 is 13.6 Å². The van der Waals surface area contributed by atoms with Crippen molar-refractivity contribution in [3.05, 3.63) is 101 Å². The van der Waals surface area contributed by atoms with E-state index >= 15 is 0 Å². The molecule has 1 heterocycles. The van der Waals surface area contributed by atoms with Crippen LogP contribution in [0, 0.1) is 5.82 Å². The van der Waals surface area contributed by atoms with Crippen molar-refractivity contribution in [3.8, 4) is 0 Å². The van der Waals surface area contributed by atoms with Gasteiger partial charge in [0.2, 0.25) is 0 Å². The predicted molar refractivity (Wildman–Crippen MR) is 108 cm³/mol. The number of nitrogens with one attached hydrogen (secondary N) is 1. The Morgan fingerprint density at radius 3 is 2.52 bits per heavy atom. The Kier molecular flexibility index (Phi) is 4.35. The van der Waals surface area contributed by atoms with E-state index in [9.17, 15) is 9.18 Å². The molecule has 1 amide bonds. The normalized spacial score (nSPS) is 13.6. The number of halogens is 1. The van der Waals surface area contributed by atoms with Gasteiger partial charge in [-0.1, -0.05) is 42.5 Å². The van der Waals surface area contributed by atoms with Crippen molar-refractivity contribution in [3.63, 3.8) is 0 Å². The molecule has 0 fully saturated rings. The maximum absolute atomic E-state index is 13.9. The molecular formula is C24H19FN2O2. The summed E-state index contributed by atoms with van der Waals surface area (Å²) in [6, 6.07) is 20.1. The Balaban J connectivity index is 1.32. The highest BCUT2D eigenvalue weighted by Crippen LogP contribution is 2.23. The smallest absolute Gasteiger partial charge is 0.251 e. The SMILES string of the molecule is O=C(NC1Cc2ccccc2C1)c1ccc2nc(Cc3ccccc3F)oc2c1. The number of aromatic nitrogens is 1. The largest absolute Gasteiger partial charge is 0.440 e. The first-order chi connectivity index (χ1) is 14.2. The van der Waals surface area contributed by atoms with Gasteiger partial charge in [-0.25, -0.2) is 9.37 Å². The molecule has 1 aliphatic carbocycles. The summed E-state index contributed by atoms with van der Waals surface area (Å²) in [5.74, 6) is 0.0121. The van der Waals surface area contributed by atoms with E-state index in [1.807, 2.05) is 12.1 Å². The zero-order chi connectivity index (χ0) is 19.8. The molecule has 0 atom stereocenters. The summed E-state index contributed by atoms with van der Waals surface area (Å²) >= 11 is 0. The van der Waals surface area contributed by atoms with Gasteiger partial charge >= 0.3 is 0 Å². The molecule has 0 radical (unpaired) electrons. The molecule has 0 saturated heterocycles. The number of amides is 1. The highest BCUT2D eigenvalue weighted by Gasteiger charge is 2.23. The average Bonchev–Trinajstić information content (AvgIpc) is 3.31. The third-order valence-corrected chi connectivity index (χ3v) is 5.38. The second-order valence-corrected chi connectivity index (χ2v) is 7.41. The molecule has 0 aliphatic heterocycles. The van der Waals surface area contributed by atoms with Gasteiger partial charge in [-0.05, 0) is 53.8 Å². The van der Waals surface area contributed by atoms with Gasteiger partial charge in [0.05, 0.1) is 6.42 Å². The number of hydrogen-bond acceptors (Lipinski definition) is 3. The van der Waals surface area contributed by atoms with Crippen LogP contribution in [-0.4, -0.2) is 16.9 Å². The molecule has 4 aromatic rings. The summed E-state index contributed by atoms with van der Waals surface area (Å²) in [5, 5.41) is 3.11. The molecule has 0 spiro atoms. The first kappa shape index (κ1) is 17.6. The lowest BCUT2D eigenvalue weighted by Crippen LogP contribution is -2.35. The van der Waals surface area contributed by atoms with Crippen molar-refractivity contribution in [2.75, 3.05) is 0 Å². The van der Waals surface area contributed by atoms with Gasteiger partial charge in [0, 0.05) is 11.6 Å². The Hall–Kier alpha value is -3.47. The lowest BCUT2D eigenvalue weighted by Gasteiger charge is -2.11. The van der Waals surface area contributed by atoms with Gasteiger partial charge in [-0.3, -0.25) is 4.79 Å². The number of hydrogen-bond donors (Lipinski definition) is 1. The monoisotopic (exact) mass is 386 g/mol. The molecule has 0 saturated carbocycles. The number of oxazole rings is 1. The van der Waals surface area contributed by atoms with Crippen LogP contribution in [-0.2, 0) is 19.3 Å². The van der Waals surface area contributed by atoms with Gasteiger partial charge in [-0.2, -0.15) is 0 Å². The molecule has 29 heavy (non-hydrogen) atoms. The zero-order valence-electron chi connectivity index (χ0n) is 15.7. The minimum absolute atomic E-state index is 0.0990. The van der Waals surface area contributed by atoms with Crippen molar-refractivity contribution in [2.45, 2.75) is 25.3 Å². The van der Waals surface area contributed by atoms with Gasteiger partial charge in [0.25, 0.3) is 5.91 Å². The van der Waals surface area contributed by atoms with Crippen LogP contribution in [0.2, 0.25) is 0 Å². The van der Waals surface area contributed by atoms with E-state index in [1.165, 1.54) is 17.2 Å². The minimum Gasteiger partial charge on any atom is -0.440 e.